The minimum absolute atomic E-state index is 0.0286. The van der Waals surface area contributed by atoms with Crippen LogP contribution in [0.5, 0.6) is 0 Å². The molecule has 0 saturated heterocycles. The highest BCUT2D eigenvalue weighted by Gasteiger charge is 2.54. The number of carbonyl (C=O) groups is 1. The summed E-state index contributed by atoms with van der Waals surface area (Å²) < 4.78 is 51.4. The lowest BCUT2D eigenvalue weighted by Gasteiger charge is -2.09. The third-order valence-corrected chi connectivity index (χ3v) is 2.41. The molecular weight excluding hydrogens is 230 g/mol. The molecule has 1 aromatic heterocycles. The number of aromatic nitrogens is 2. The fraction of sp³-hybridized carbons (Fsp3) is 0.500. The van der Waals surface area contributed by atoms with Gasteiger partial charge in [-0.1, -0.05) is 0 Å². The topological polar surface area (TPSA) is 71.8 Å². The molecule has 0 aromatic carbocycles. The van der Waals surface area contributed by atoms with Crippen LogP contribution in [0.4, 0.5) is 17.6 Å². The molecule has 1 aliphatic carbocycles. The van der Waals surface area contributed by atoms with Crippen LogP contribution in [-0.2, 0) is 11.8 Å². The molecule has 16 heavy (non-hydrogen) atoms. The lowest BCUT2D eigenvalue weighted by atomic mass is 10.1. The van der Waals surface area contributed by atoms with E-state index in [1.165, 1.54) is 0 Å². The summed E-state index contributed by atoms with van der Waals surface area (Å²) in [7, 11) is 0. The predicted octanol–water partition coefficient (Wildman–Crippen LogP) is 1.49. The Morgan fingerprint density at radius 2 is 2.00 bits per heavy atom. The third kappa shape index (κ3) is 1.54. The minimum Gasteiger partial charge on any atom is -0.364 e. The zero-order chi connectivity index (χ0) is 12.1. The average Bonchev–Trinajstić information content (AvgIpc) is 2.72. The number of amides is 1. The Kier molecular flexibility index (Phi) is 2.01. The molecular formula is C8H7F4N3O. The van der Waals surface area contributed by atoms with Gasteiger partial charge in [-0.3, -0.25) is 9.89 Å². The molecule has 1 amide bonds. The first-order valence-corrected chi connectivity index (χ1v) is 4.40. The van der Waals surface area contributed by atoms with Crippen LogP contribution in [-0.4, -0.2) is 16.1 Å². The number of primary amides is 1. The summed E-state index contributed by atoms with van der Waals surface area (Å²) in [4.78, 5) is 10.8. The molecule has 0 unspecified atom stereocenters. The molecule has 88 valence electrons. The summed E-state index contributed by atoms with van der Waals surface area (Å²) in [5.41, 5.74) is -0.374. The van der Waals surface area contributed by atoms with Gasteiger partial charge in [-0.05, 0) is 12.8 Å². The van der Waals surface area contributed by atoms with Crippen molar-refractivity contribution in [2.24, 2.45) is 5.73 Å². The minimum atomic E-state index is -4.85. The van der Waals surface area contributed by atoms with Gasteiger partial charge in [0, 0.05) is 0 Å². The van der Waals surface area contributed by atoms with Crippen LogP contribution < -0.4 is 5.73 Å². The number of H-pyrrole nitrogens is 1. The summed E-state index contributed by atoms with van der Waals surface area (Å²) in [6, 6.07) is 0. The standard InChI is InChI=1S/C8H7F4N3O/c9-7(1-2-7)5-3(8(10,11)12)4(6(13)16)14-15-5/h1-2H2,(H2,13,16)(H,14,15). The number of aromatic amines is 1. The number of nitrogens with one attached hydrogen (secondary N) is 1. The van der Waals surface area contributed by atoms with E-state index in [2.05, 4.69) is 5.10 Å². The number of halogens is 4. The van der Waals surface area contributed by atoms with E-state index < -0.39 is 34.7 Å². The van der Waals surface area contributed by atoms with Gasteiger partial charge in [-0.15, -0.1) is 0 Å². The molecule has 0 atom stereocenters. The van der Waals surface area contributed by atoms with Crippen LogP contribution in [0, 0.1) is 0 Å². The first-order valence-electron chi connectivity index (χ1n) is 4.40. The quantitative estimate of drug-likeness (QED) is 0.765. The Morgan fingerprint density at radius 3 is 2.38 bits per heavy atom. The van der Waals surface area contributed by atoms with Crippen LogP contribution in [0.25, 0.3) is 0 Å². The van der Waals surface area contributed by atoms with Gasteiger partial charge in [0.15, 0.2) is 5.67 Å². The van der Waals surface area contributed by atoms with Gasteiger partial charge < -0.3 is 5.73 Å². The fourth-order valence-electron chi connectivity index (χ4n) is 1.47. The number of hydrogen-bond donors (Lipinski definition) is 2. The predicted molar refractivity (Wildman–Crippen MR) is 44.1 cm³/mol. The molecule has 3 N–H and O–H groups in total. The zero-order valence-corrected chi connectivity index (χ0v) is 7.86. The molecule has 0 aliphatic heterocycles. The number of carbonyl (C=O) groups excluding carboxylic acids is 1. The highest BCUT2D eigenvalue weighted by atomic mass is 19.4. The van der Waals surface area contributed by atoms with Crippen LogP contribution in [0.2, 0.25) is 0 Å². The SMILES string of the molecule is NC(=O)c1[nH]nc(C2(F)CC2)c1C(F)(F)F. The number of rotatable bonds is 2. The van der Waals surface area contributed by atoms with E-state index in [9.17, 15) is 22.4 Å². The Balaban J connectivity index is 2.59. The molecule has 8 heteroatoms. The van der Waals surface area contributed by atoms with Crippen LogP contribution >= 0.6 is 0 Å². The van der Waals surface area contributed by atoms with Crippen LogP contribution in [0.3, 0.4) is 0 Å². The summed E-state index contributed by atoms with van der Waals surface area (Å²) in [5.74, 6) is -1.31. The lowest BCUT2D eigenvalue weighted by molar-refractivity contribution is -0.139. The second kappa shape index (κ2) is 2.96. The molecule has 4 nitrogen and oxygen atoms in total. The van der Waals surface area contributed by atoms with Gasteiger partial charge in [0.2, 0.25) is 0 Å². The fourth-order valence-corrected chi connectivity index (χ4v) is 1.47. The van der Waals surface area contributed by atoms with Gasteiger partial charge in [-0.2, -0.15) is 18.3 Å². The van der Waals surface area contributed by atoms with Crippen molar-refractivity contribution in [3.63, 3.8) is 0 Å². The van der Waals surface area contributed by atoms with Crippen molar-refractivity contribution in [3.8, 4) is 0 Å². The Morgan fingerprint density at radius 1 is 1.44 bits per heavy atom. The third-order valence-electron chi connectivity index (χ3n) is 2.41. The second-order valence-electron chi connectivity index (χ2n) is 3.65. The normalized spacial score (nSPS) is 18.5. The second-order valence-corrected chi connectivity index (χ2v) is 3.65. The van der Waals surface area contributed by atoms with Crippen LogP contribution in [0.15, 0.2) is 0 Å². The molecule has 2 rings (SSSR count). The summed E-state index contributed by atoms with van der Waals surface area (Å²) in [6.45, 7) is 0. The van der Waals surface area contributed by atoms with Gasteiger partial charge in [0.05, 0.1) is 0 Å². The summed E-state index contributed by atoms with van der Waals surface area (Å²) in [5, 5.41) is 5.06. The number of nitrogens with two attached hydrogens (primary N) is 1. The van der Waals surface area contributed by atoms with Crippen molar-refractivity contribution in [2.75, 3.05) is 0 Å². The highest BCUT2D eigenvalue weighted by Crippen LogP contribution is 2.52. The smallest absolute Gasteiger partial charge is 0.364 e. The van der Waals surface area contributed by atoms with Gasteiger partial charge in [-0.25, -0.2) is 4.39 Å². The van der Waals surface area contributed by atoms with Crippen molar-refractivity contribution < 1.29 is 22.4 Å². The first kappa shape index (κ1) is 10.9. The summed E-state index contributed by atoms with van der Waals surface area (Å²) in [6.07, 6.45) is -4.91. The average molecular weight is 237 g/mol. The summed E-state index contributed by atoms with van der Waals surface area (Å²) >= 11 is 0. The number of hydrogen-bond acceptors (Lipinski definition) is 2. The maximum atomic E-state index is 13.6. The number of alkyl halides is 4. The van der Waals surface area contributed by atoms with Crippen molar-refractivity contribution in [1.82, 2.24) is 10.2 Å². The van der Waals surface area contributed by atoms with E-state index >= 15 is 0 Å². The molecule has 1 saturated carbocycles. The molecule has 1 fully saturated rings. The Labute approximate surface area is 86.8 Å². The van der Waals surface area contributed by atoms with Gasteiger partial charge >= 0.3 is 6.18 Å². The molecule has 1 heterocycles. The van der Waals surface area contributed by atoms with Crippen molar-refractivity contribution >= 4 is 5.91 Å². The first-order chi connectivity index (χ1) is 7.26. The molecule has 1 aromatic rings. The monoisotopic (exact) mass is 237 g/mol. The van der Waals surface area contributed by atoms with Gasteiger partial charge in [0.25, 0.3) is 5.91 Å². The van der Waals surface area contributed by atoms with E-state index in [4.69, 9.17) is 5.73 Å². The van der Waals surface area contributed by atoms with Crippen molar-refractivity contribution in [1.29, 1.82) is 0 Å². The molecule has 1 aliphatic rings. The zero-order valence-electron chi connectivity index (χ0n) is 7.86. The van der Waals surface area contributed by atoms with Gasteiger partial charge in [0.1, 0.15) is 17.0 Å². The Hall–Kier alpha value is -1.60. The van der Waals surface area contributed by atoms with E-state index in [-0.39, 0.29) is 12.8 Å². The van der Waals surface area contributed by atoms with E-state index in [0.717, 1.165) is 0 Å². The van der Waals surface area contributed by atoms with Crippen molar-refractivity contribution in [2.45, 2.75) is 24.7 Å². The molecule has 0 spiro atoms. The van der Waals surface area contributed by atoms with Crippen LogP contribution in [0.1, 0.15) is 34.6 Å². The largest absolute Gasteiger partial charge is 0.420 e. The maximum absolute atomic E-state index is 13.6. The lowest BCUT2D eigenvalue weighted by Crippen LogP contribution is -2.20. The maximum Gasteiger partial charge on any atom is 0.420 e. The van der Waals surface area contributed by atoms with E-state index in [1.807, 2.05) is 5.10 Å². The molecule has 0 bridgehead atoms. The van der Waals surface area contributed by atoms with E-state index in [0.29, 0.717) is 0 Å². The highest BCUT2D eigenvalue weighted by molar-refractivity contribution is 5.92. The van der Waals surface area contributed by atoms with Crippen molar-refractivity contribution in [3.05, 3.63) is 17.0 Å². The number of nitrogens with zero attached hydrogens (tertiary/aromatic N) is 1. The molecule has 0 radical (unpaired) electrons. The van der Waals surface area contributed by atoms with E-state index in [1.54, 1.807) is 0 Å². The Bertz CT molecular complexity index is 447.